The lowest BCUT2D eigenvalue weighted by molar-refractivity contribution is -0.0690. The number of unbranched alkanes of at least 4 members (excludes halogenated alkanes) is 8. The van der Waals surface area contributed by atoms with Gasteiger partial charge in [-0.2, -0.15) is 0 Å². The Bertz CT molecular complexity index is 321. The zero-order valence-electron chi connectivity index (χ0n) is 18.4. The summed E-state index contributed by atoms with van der Waals surface area (Å²) < 4.78 is 11.9. The second-order valence-electron chi connectivity index (χ2n) is 7.29. The van der Waals surface area contributed by atoms with Crippen molar-refractivity contribution in [3.63, 3.8) is 0 Å². The van der Waals surface area contributed by atoms with Gasteiger partial charge in [0, 0.05) is 6.42 Å². The van der Waals surface area contributed by atoms with Crippen LogP contribution in [0.25, 0.3) is 0 Å². The largest absolute Gasteiger partial charge is 0.463 e. The van der Waals surface area contributed by atoms with E-state index in [-0.39, 0.29) is 6.29 Å². The van der Waals surface area contributed by atoms with Gasteiger partial charge in [-0.05, 0) is 43.3 Å². The molecular formula is C24H46O2. The standard InChI is InChI=1S/C24H46O2/c1-6-11-12-13-14-15-16-17-18-19-24(25-20-22(7-2)8-3)26-21-23(9-4)10-5/h20-21,24H,6-19H2,1-5H3. The number of hydrogen-bond acceptors (Lipinski definition) is 2. The van der Waals surface area contributed by atoms with E-state index in [2.05, 4.69) is 34.6 Å². The van der Waals surface area contributed by atoms with Gasteiger partial charge in [0.25, 0.3) is 0 Å². The van der Waals surface area contributed by atoms with E-state index >= 15 is 0 Å². The molecule has 0 spiro atoms. The molecule has 0 atom stereocenters. The first-order valence-corrected chi connectivity index (χ1v) is 11.4. The second-order valence-corrected chi connectivity index (χ2v) is 7.29. The van der Waals surface area contributed by atoms with Crippen molar-refractivity contribution in [2.75, 3.05) is 0 Å². The smallest absolute Gasteiger partial charge is 0.239 e. The van der Waals surface area contributed by atoms with Gasteiger partial charge in [-0.25, -0.2) is 0 Å². The Morgan fingerprint density at radius 3 is 1.35 bits per heavy atom. The molecule has 0 aromatic heterocycles. The Morgan fingerprint density at radius 1 is 0.577 bits per heavy atom. The molecule has 0 heterocycles. The molecule has 0 aromatic rings. The Kier molecular flexibility index (Phi) is 18.2. The topological polar surface area (TPSA) is 18.5 Å². The zero-order valence-corrected chi connectivity index (χ0v) is 18.4. The maximum atomic E-state index is 5.97. The molecule has 0 fully saturated rings. The summed E-state index contributed by atoms with van der Waals surface area (Å²) in [5.41, 5.74) is 2.70. The quantitative estimate of drug-likeness (QED) is 0.137. The van der Waals surface area contributed by atoms with Crippen LogP contribution < -0.4 is 0 Å². The average molecular weight is 367 g/mol. The molecule has 0 saturated heterocycles. The van der Waals surface area contributed by atoms with E-state index in [0.29, 0.717) is 0 Å². The highest BCUT2D eigenvalue weighted by Gasteiger charge is 2.09. The fourth-order valence-corrected chi connectivity index (χ4v) is 2.97. The van der Waals surface area contributed by atoms with Crippen molar-refractivity contribution in [2.45, 2.75) is 131 Å². The molecule has 0 radical (unpaired) electrons. The first kappa shape index (κ1) is 25.1. The molecule has 2 nitrogen and oxygen atoms in total. The van der Waals surface area contributed by atoms with E-state index in [1.54, 1.807) is 0 Å². The predicted molar refractivity (Wildman–Crippen MR) is 115 cm³/mol. The highest BCUT2D eigenvalue weighted by molar-refractivity contribution is 4.97. The zero-order chi connectivity index (χ0) is 19.5. The summed E-state index contributed by atoms with van der Waals surface area (Å²) in [4.78, 5) is 0. The summed E-state index contributed by atoms with van der Waals surface area (Å²) in [5.74, 6) is 0. The second kappa shape index (κ2) is 18.9. The SMILES string of the molecule is CCCCCCCCCCCC(OC=C(CC)CC)OC=C(CC)CC. The van der Waals surface area contributed by atoms with Crippen molar-refractivity contribution in [3.05, 3.63) is 23.7 Å². The van der Waals surface area contributed by atoms with Gasteiger partial charge in [0.2, 0.25) is 6.29 Å². The third kappa shape index (κ3) is 14.3. The summed E-state index contributed by atoms with van der Waals surface area (Å²) in [6.45, 7) is 11.0. The van der Waals surface area contributed by atoms with E-state index in [9.17, 15) is 0 Å². The molecule has 0 unspecified atom stereocenters. The third-order valence-corrected chi connectivity index (χ3v) is 5.13. The van der Waals surface area contributed by atoms with Crippen LogP contribution in [0.15, 0.2) is 23.7 Å². The van der Waals surface area contributed by atoms with Gasteiger partial charge in [-0.1, -0.05) is 86.0 Å². The Morgan fingerprint density at radius 2 is 0.962 bits per heavy atom. The van der Waals surface area contributed by atoms with E-state index < -0.39 is 0 Å². The van der Waals surface area contributed by atoms with Crippen LogP contribution in [0.5, 0.6) is 0 Å². The maximum absolute atomic E-state index is 5.97. The summed E-state index contributed by atoms with van der Waals surface area (Å²) in [5, 5.41) is 0. The number of allylic oxidation sites excluding steroid dienone is 2. The monoisotopic (exact) mass is 366 g/mol. The van der Waals surface area contributed by atoms with Gasteiger partial charge in [0.05, 0.1) is 12.5 Å². The van der Waals surface area contributed by atoms with Gasteiger partial charge in [0.1, 0.15) is 0 Å². The van der Waals surface area contributed by atoms with Gasteiger partial charge in [0.15, 0.2) is 0 Å². The van der Waals surface area contributed by atoms with Crippen LogP contribution in [0, 0.1) is 0 Å². The van der Waals surface area contributed by atoms with Gasteiger partial charge >= 0.3 is 0 Å². The van der Waals surface area contributed by atoms with E-state index in [1.165, 1.54) is 68.9 Å². The minimum absolute atomic E-state index is 0.138. The molecule has 0 amide bonds. The van der Waals surface area contributed by atoms with Crippen molar-refractivity contribution >= 4 is 0 Å². The van der Waals surface area contributed by atoms with Crippen molar-refractivity contribution < 1.29 is 9.47 Å². The molecule has 0 aliphatic carbocycles. The number of rotatable bonds is 18. The molecule has 0 bridgehead atoms. The van der Waals surface area contributed by atoms with Crippen molar-refractivity contribution in [2.24, 2.45) is 0 Å². The molecule has 0 rings (SSSR count). The highest BCUT2D eigenvalue weighted by atomic mass is 16.7. The summed E-state index contributed by atoms with van der Waals surface area (Å²) in [6, 6.07) is 0. The lowest BCUT2D eigenvalue weighted by atomic mass is 10.1. The van der Waals surface area contributed by atoms with E-state index in [4.69, 9.17) is 9.47 Å². The predicted octanol–water partition coefficient (Wildman–Crippen LogP) is 8.67. The lowest BCUT2D eigenvalue weighted by Crippen LogP contribution is -2.12. The number of hydrogen-bond donors (Lipinski definition) is 0. The molecule has 2 heteroatoms. The molecule has 0 aliphatic heterocycles. The minimum Gasteiger partial charge on any atom is -0.463 e. The highest BCUT2D eigenvalue weighted by Crippen LogP contribution is 2.16. The van der Waals surface area contributed by atoms with Crippen LogP contribution in [0.2, 0.25) is 0 Å². The minimum atomic E-state index is -0.138. The van der Waals surface area contributed by atoms with E-state index in [1.807, 2.05) is 12.5 Å². The third-order valence-electron chi connectivity index (χ3n) is 5.13. The Labute approximate surface area is 164 Å². The normalized spacial score (nSPS) is 10.7. The molecule has 0 aliphatic rings. The molecule has 0 aromatic carbocycles. The molecule has 154 valence electrons. The van der Waals surface area contributed by atoms with Crippen LogP contribution in [-0.2, 0) is 9.47 Å². The summed E-state index contributed by atoms with van der Waals surface area (Å²) in [7, 11) is 0. The Hall–Kier alpha value is -0.920. The fourth-order valence-electron chi connectivity index (χ4n) is 2.97. The van der Waals surface area contributed by atoms with Crippen LogP contribution in [-0.4, -0.2) is 6.29 Å². The first-order chi connectivity index (χ1) is 12.7. The van der Waals surface area contributed by atoms with Gasteiger partial charge in [-0.3, -0.25) is 0 Å². The molecular weight excluding hydrogens is 320 g/mol. The molecule has 26 heavy (non-hydrogen) atoms. The first-order valence-electron chi connectivity index (χ1n) is 11.4. The molecule has 0 saturated carbocycles. The maximum Gasteiger partial charge on any atom is 0.239 e. The average Bonchev–Trinajstić information content (AvgIpc) is 2.67. The van der Waals surface area contributed by atoms with Crippen LogP contribution in [0.3, 0.4) is 0 Å². The van der Waals surface area contributed by atoms with Gasteiger partial charge in [-0.15, -0.1) is 0 Å². The summed E-state index contributed by atoms with van der Waals surface area (Å²) in [6.07, 6.45) is 21.0. The lowest BCUT2D eigenvalue weighted by Gasteiger charge is -2.18. The van der Waals surface area contributed by atoms with Crippen molar-refractivity contribution in [1.82, 2.24) is 0 Å². The van der Waals surface area contributed by atoms with Crippen LogP contribution in [0.1, 0.15) is 125 Å². The Balaban J connectivity index is 4.18. The van der Waals surface area contributed by atoms with Crippen LogP contribution in [0.4, 0.5) is 0 Å². The number of ether oxygens (including phenoxy) is 2. The summed E-state index contributed by atoms with van der Waals surface area (Å²) >= 11 is 0. The van der Waals surface area contributed by atoms with Crippen LogP contribution >= 0.6 is 0 Å². The fraction of sp³-hybridized carbons (Fsp3) is 0.833. The van der Waals surface area contributed by atoms with E-state index in [0.717, 1.165) is 32.1 Å². The van der Waals surface area contributed by atoms with Crippen molar-refractivity contribution in [1.29, 1.82) is 0 Å². The molecule has 0 N–H and O–H groups in total. The van der Waals surface area contributed by atoms with Crippen molar-refractivity contribution in [3.8, 4) is 0 Å². The van der Waals surface area contributed by atoms with Gasteiger partial charge < -0.3 is 9.47 Å².